The van der Waals surface area contributed by atoms with E-state index in [2.05, 4.69) is 26.2 Å². The zero-order chi connectivity index (χ0) is 31.0. The number of carbonyl (C=O) groups is 2. The smallest absolute Gasteiger partial charge is 0.406 e. The van der Waals surface area contributed by atoms with Gasteiger partial charge >= 0.3 is 18.4 Å². The van der Waals surface area contributed by atoms with Crippen LogP contribution < -0.4 is 36.2 Å². The SMILES string of the molecule is Cc1ccc(C(C)C)c(NC(=O)NC(=O)NCCCCc2cccc(N3C=CN(c4ccc(OC(F)(F)F)cc4)N3)c2)c1. The van der Waals surface area contributed by atoms with Crippen molar-refractivity contribution < 1.29 is 27.5 Å². The molecule has 0 atom stereocenters. The van der Waals surface area contributed by atoms with Crippen molar-refractivity contribution in [2.45, 2.75) is 52.3 Å². The first kappa shape index (κ1) is 31.2. The van der Waals surface area contributed by atoms with E-state index in [0.29, 0.717) is 17.9 Å². The van der Waals surface area contributed by atoms with Gasteiger partial charge in [0.05, 0.1) is 11.4 Å². The van der Waals surface area contributed by atoms with Crippen LogP contribution in [-0.4, -0.2) is 25.0 Å². The number of alkyl halides is 3. The normalized spacial score (nSPS) is 12.9. The van der Waals surface area contributed by atoms with Crippen molar-refractivity contribution in [3.8, 4) is 5.75 Å². The van der Waals surface area contributed by atoms with E-state index < -0.39 is 18.4 Å². The van der Waals surface area contributed by atoms with Gasteiger partial charge in [0.1, 0.15) is 5.75 Å². The van der Waals surface area contributed by atoms with E-state index >= 15 is 0 Å². The molecule has 0 aliphatic carbocycles. The first-order chi connectivity index (χ1) is 20.5. The number of carbonyl (C=O) groups excluding carboxylic acids is 2. The van der Waals surface area contributed by atoms with E-state index in [-0.39, 0.29) is 11.7 Å². The third-order valence-electron chi connectivity index (χ3n) is 6.60. The molecule has 1 aliphatic rings. The fourth-order valence-corrected chi connectivity index (χ4v) is 4.51. The predicted molar refractivity (Wildman–Crippen MR) is 161 cm³/mol. The molecule has 3 aromatic rings. The summed E-state index contributed by atoms with van der Waals surface area (Å²) in [4.78, 5) is 24.5. The maximum Gasteiger partial charge on any atom is 0.573 e. The Bertz CT molecular complexity index is 1440. The van der Waals surface area contributed by atoms with Crippen LogP contribution in [0, 0.1) is 6.92 Å². The Labute approximate surface area is 248 Å². The number of aryl methyl sites for hydroxylation is 2. The number of hydrogen-bond donors (Lipinski definition) is 4. The summed E-state index contributed by atoms with van der Waals surface area (Å²) in [5.74, 6) is -0.0666. The number of unbranched alkanes of at least 4 members (excludes halogenated alkanes) is 1. The van der Waals surface area contributed by atoms with Crippen LogP contribution in [0.3, 0.4) is 0 Å². The lowest BCUT2D eigenvalue weighted by Gasteiger charge is -2.23. The summed E-state index contributed by atoms with van der Waals surface area (Å²) in [6, 6.07) is 18.2. The van der Waals surface area contributed by atoms with Gasteiger partial charge in [0.2, 0.25) is 0 Å². The van der Waals surface area contributed by atoms with E-state index in [1.165, 1.54) is 24.3 Å². The molecule has 4 rings (SSSR count). The largest absolute Gasteiger partial charge is 0.573 e. The van der Waals surface area contributed by atoms with Crippen LogP contribution in [-0.2, 0) is 6.42 Å². The molecule has 12 heteroatoms. The van der Waals surface area contributed by atoms with Gasteiger partial charge in [-0.05, 0) is 91.3 Å². The third-order valence-corrected chi connectivity index (χ3v) is 6.60. The van der Waals surface area contributed by atoms with E-state index in [0.717, 1.165) is 41.6 Å². The second-order valence-electron chi connectivity index (χ2n) is 10.4. The molecule has 228 valence electrons. The minimum absolute atomic E-state index is 0.222. The molecule has 3 aromatic carbocycles. The molecule has 0 unspecified atom stereocenters. The molecule has 0 bridgehead atoms. The van der Waals surface area contributed by atoms with Crippen LogP contribution in [0.4, 0.5) is 39.8 Å². The molecular formula is C31H35F3N6O3. The van der Waals surface area contributed by atoms with Gasteiger partial charge in [0.15, 0.2) is 0 Å². The monoisotopic (exact) mass is 596 g/mol. The highest BCUT2D eigenvalue weighted by molar-refractivity contribution is 6.01. The van der Waals surface area contributed by atoms with Crippen molar-refractivity contribution >= 4 is 29.1 Å². The molecule has 43 heavy (non-hydrogen) atoms. The molecule has 0 fully saturated rings. The van der Waals surface area contributed by atoms with Crippen LogP contribution in [0.2, 0.25) is 0 Å². The number of anilines is 3. The van der Waals surface area contributed by atoms with Crippen molar-refractivity contribution in [1.82, 2.24) is 16.2 Å². The van der Waals surface area contributed by atoms with Crippen molar-refractivity contribution in [1.29, 1.82) is 0 Å². The molecule has 1 heterocycles. The van der Waals surface area contributed by atoms with Crippen LogP contribution in [0.5, 0.6) is 5.75 Å². The molecular weight excluding hydrogens is 561 g/mol. The van der Waals surface area contributed by atoms with Gasteiger partial charge in [-0.3, -0.25) is 15.3 Å². The van der Waals surface area contributed by atoms with Crippen molar-refractivity contribution in [2.75, 3.05) is 21.9 Å². The topological polar surface area (TPSA) is 98.0 Å². The Morgan fingerprint density at radius 1 is 0.907 bits per heavy atom. The average molecular weight is 597 g/mol. The number of halogens is 3. The van der Waals surface area contributed by atoms with Crippen LogP contribution >= 0.6 is 0 Å². The zero-order valence-corrected chi connectivity index (χ0v) is 24.2. The summed E-state index contributed by atoms with van der Waals surface area (Å²) in [5.41, 5.74) is 8.46. The number of nitrogens with zero attached hydrogens (tertiary/aromatic N) is 2. The van der Waals surface area contributed by atoms with Crippen LogP contribution in [0.1, 0.15) is 49.3 Å². The maximum absolute atomic E-state index is 12.4. The van der Waals surface area contributed by atoms with E-state index in [1.807, 2.05) is 63.2 Å². The molecule has 0 saturated carbocycles. The number of ether oxygens (including phenoxy) is 1. The number of hydrogen-bond acceptors (Lipinski definition) is 6. The highest BCUT2D eigenvalue weighted by Crippen LogP contribution is 2.27. The molecule has 0 aromatic heterocycles. The summed E-state index contributed by atoms with van der Waals surface area (Å²) in [6.45, 7) is 6.43. The standard InChI is InChI=1S/C31H35F3N6O3/c1-21(2)27-15-10-22(3)19-28(27)36-30(42)37-29(41)35-16-5-4-7-23-8-6-9-25(20-23)40-18-17-39(38-40)24-11-13-26(14-12-24)43-31(32,33)34/h6,8-15,17-21,38H,4-5,7,16H2,1-3H3,(H3,35,36,37,41,42). The zero-order valence-electron chi connectivity index (χ0n) is 24.2. The third kappa shape index (κ3) is 9.40. The minimum Gasteiger partial charge on any atom is -0.406 e. The van der Waals surface area contributed by atoms with Crippen molar-refractivity contribution in [3.63, 3.8) is 0 Å². The van der Waals surface area contributed by atoms with Crippen molar-refractivity contribution in [2.24, 2.45) is 0 Å². The second-order valence-corrected chi connectivity index (χ2v) is 10.4. The molecule has 4 amide bonds. The Hall–Kier alpha value is -4.71. The number of imide groups is 1. The highest BCUT2D eigenvalue weighted by Gasteiger charge is 2.31. The lowest BCUT2D eigenvalue weighted by molar-refractivity contribution is -0.274. The molecule has 0 saturated heterocycles. The first-order valence-corrected chi connectivity index (χ1v) is 13.9. The van der Waals surface area contributed by atoms with Crippen LogP contribution in [0.25, 0.3) is 0 Å². The highest BCUT2D eigenvalue weighted by atomic mass is 19.4. The van der Waals surface area contributed by atoms with Gasteiger partial charge in [0.25, 0.3) is 0 Å². The molecule has 4 N–H and O–H groups in total. The van der Waals surface area contributed by atoms with Gasteiger partial charge in [-0.2, -0.15) is 0 Å². The van der Waals surface area contributed by atoms with Crippen LogP contribution in [0.15, 0.2) is 79.1 Å². The number of hydrazine groups is 2. The summed E-state index contributed by atoms with van der Waals surface area (Å²) in [7, 11) is 0. The fourth-order valence-electron chi connectivity index (χ4n) is 4.51. The van der Waals surface area contributed by atoms with E-state index in [9.17, 15) is 22.8 Å². The summed E-state index contributed by atoms with van der Waals surface area (Å²) in [6.07, 6.45) is 1.15. The van der Waals surface area contributed by atoms with Gasteiger partial charge in [0, 0.05) is 24.6 Å². The number of amides is 4. The van der Waals surface area contributed by atoms with Gasteiger partial charge in [-0.1, -0.05) is 38.1 Å². The second kappa shape index (κ2) is 14.0. The molecule has 9 nitrogen and oxygen atoms in total. The maximum atomic E-state index is 12.4. The molecule has 1 aliphatic heterocycles. The summed E-state index contributed by atoms with van der Waals surface area (Å²) >= 11 is 0. The molecule has 0 radical (unpaired) electrons. The van der Waals surface area contributed by atoms with Gasteiger partial charge in [-0.15, -0.1) is 18.7 Å². The quantitative estimate of drug-likeness (QED) is 0.187. The number of nitrogens with one attached hydrogen (secondary N) is 4. The summed E-state index contributed by atoms with van der Waals surface area (Å²) < 4.78 is 41.1. The Morgan fingerprint density at radius 2 is 1.63 bits per heavy atom. The predicted octanol–water partition coefficient (Wildman–Crippen LogP) is 7.09. The minimum atomic E-state index is -4.74. The van der Waals surface area contributed by atoms with E-state index in [1.54, 1.807) is 22.4 Å². The Balaban J connectivity index is 1.18. The number of urea groups is 2. The lowest BCUT2D eigenvalue weighted by atomic mass is 9.99. The fraction of sp³-hybridized carbons (Fsp3) is 0.290. The van der Waals surface area contributed by atoms with Gasteiger partial charge in [-0.25, -0.2) is 9.59 Å². The Morgan fingerprint density at radius 3 is 2.33 bits per heavy atom. The number of rotatable bonds is 10. The first-order valence-electron chi connectivity index (χ1n) is 13.9. The average Bonchev–Trinajstić information content (AvgIpc) is 3.43. The summed E-state index contributed by atoms with van der Waals surface area (Å²) in [5, 5.41) is 11.3. The lowest BCUT2D eigenvalue weighted by Crippen LogP contribution is -2.42. The van der Waals surface area contributed by atoms with Crippen molar-refractivity contribution in [3.05, 3.63) is 95.8 Å². The number of benzene rings is 3. The van der Waals surface area contributed by atoms with E-state index in [4.69, 9.17) is 0 Å². The molecule has 0 spiro atoms. The Kier molecular flexibility index (Phi) is 10.1. The van der Waals surface area contributed by atoms with Gasteiger partial charge < -0.3 is 15.4 Å².